The smallest absolute Gasteiger partial charge is 0.254 e. The zero-order chi connectivity index (χ0) is 29.5. The number of fused-ring (bicyclic) bond motifs is 2. The van der Waals surface area contributed by atoms with Crippen LogP contribution in [-0.2, 0) is 22.6 Å². The van der Waals surface area contributed by atoms with Crippen molar-refractivity contribution in [3.63, 3.8) is 0 Å². The van der Waals surface area contributed by atoms with E-state index in [9.17, 15) is 14.4 Å². The highest BCUT2D eigenvalue weighted by molar-refractivity contribution is 5.94. The van der Waals surface area contributed by atoms with E-state index in [1.807, 2.05) is 61.0 Å². The summed E-state index contributed by atoms with van der Waals surface area (Å²) in [5.74, 6) is 1.56. The first-order chi connectivity index (χ1) is 20.4. The molecule has 1 aromatic heterocycles. The fourth-order valence-corrected chi connectivity index (χ4v) is 5.88. The lowest BCUT2D eigenvalue weighted by Crippen LogP contribution is -2.53. The molecule has 1 fully saturated rings. The Bertz CT molecular complexity index is 1390. The predicted molar refractivity (Wildman–Crippen MR) is 158 cm³/mol. The van der Waals surface area contributed by atoms with E-state index in [-0.39, 0.29) is 24.1 Å². The Morgan fingerprint density at radius 2 is 1.83 bits per heavy atom. The van der Waals surface area contributed by atoms with Crippen LogP contribution in [0.2, 0.25) is 0 Å². The fourth-order valence-electron chi connectivity index (χ4n) is 5.88. The largest absolute Gasteiger partial charge is 0.494 e. The Morgan fingerprint density at radius 3 is 2.64 bits per heavy atom. The van der Waals surface area contributed by atoms with Crippen LogP contribution in [0.25, 0.3) is 0 Å². The molecule has 1 N–H and O–H groups in total. The van der Waals surface area contributed by atoms with Gasteiger partial charge >= 0.3 is 0 Å². The summed E-state index contributed by atoms with van der Waals surface area (Å²) in [6.45, 7) is 5.99. The van der Waals surface area contributed by atoms with Gasteiger partial charge in [0.05, 0.1) is 19.2 Å². The van der Waals surface area contributed by atoms with Crippen LogP contribution in [0.1, 0.15) is 72.6 Å². The first kappa shape index (κ1) is 29.3. The maximum absolute atomic E-state index is 13.7. The number of ether oxygens (including phenoxy) is 1. The molecule has 0 saturated carbocycles. The molecule has 222 valence electrons. The Morgan fingerprint density at radius 1 is 1.00 bits per heavy atom. The highest BCUT2D eigenvalue weighted by Crippen LogP contribution is 2.24. The van der Waals surface area contributed by atoms with Crippen molar-refractivity contribution in [2.24, 2.45) is 0 Å². The molecular weight excluding hydrogens is 532 g/mol. The molecule has 2 aromatic carbocycles. The van der Waals surface area contributed by atoms with E-state index in [0.717, 1.165) is 18.4 Å². The molecule has 1 saturated heterocycles. The van der Waals surface area contributed by atoms with Crippen LogP contribution >= 0.6 is 0 Å². The molecule has 2 atom stereocenters. The third kappa shape index (κ3) is 6.98. The van der Waals surface area contributed by atoms with Crippen LogP contribution < -0.4 is 10.1 Å². The number of hydrogen-bond donors (Lipinski definition) is 1. The van der Waals surface area contributed by atoms with Gasteiger partial charge in [-0.25, -0.2) is 9.67 Å². The Balaban J connectivity index is 1.48. The maximum Gasteiger partial charge on any atom is 0.254 e. The van der Waals surface area contributed by atoms with Crippen LogP contribution in [0.4, 0.5) is 0 Å². The number of aryl methyl sites for hydroxylation is 1. The number of nitrogens with one attached hydrogen (secondary N) is 1. The minimum absolute atomic E-state index is 0.0451. The second kappa shape index (κ2) is 13.6. The van der Waals surface area contributed by atoms with E-state index in [1.165, 1.54) is 0 Å². The van der Waals surface area contributed by atoms with Gasteiger partial charge in [-0.05, 0) is 69.7 Å². The van der Waals surface area contributed by atoms with Gasteiger partial charge in [-0.3, -0.25) is 14.4 Å². The molecule has 2 aliphatic rings. The molecule has 10 heteroatoms. The van der Waals surface area contributed by atoms with Crippen molar-refractivity contribution in [3.05, 3.63) is 77.4 Å². The van der Waals surface area contributed by atoms with Crippen molar-refractivity contribution in [3.8, 4) is 5.75 Å². The standard InChI is InChI=1S/C32H40N6O4/c1-3-42-26-14-9-13-25(22-26)32(41)36-17-10-16-29(39)37-18-8-7-15-28(37)31(40)34-27(21-24-11-5-4-6-12-24)30-33-23(2)35-38(30)20-19-36/h4-6,9,11-14,22,27-28H,3,7-8,10,15-21H2,1-2H3,(H,34,40)/t27-,28+/m1/s1. The van der Waals surface area contributed by atoms with Crippen LogP contribution in [-0.4, -0.2) is 74.6 Å². The predicted octanol–water partition coefficient (Wildman–Crippen LogP) is 3.70. The summed E-state index contributed by atoms with van der Waals surface area (Å²) in [6, 6.07) is 16.2. The van der Waals surface area contributed by atoms with E-state index in [4.69, 9.17) is 9.72 Å². The molecule has 5 rings (SSSR count). The average Bonchev–Trinajstić information content (AvgIpc) is 3.38. The molecule has 3 amide bonds. The topological polar surface area (TPSA) is 110 Å². The first-order valence-electron chi connectivity index (χ1n) is 15.0. The zero-order valence-electron chi connectivity index (χ0n) is 24.5. The molecule has 0 unspecified atom stereocenters. The minimum Gasteiger partial charge on any atom is -0.494 e. The molecule has 0 bridgehead atoms. The molecular formula is C32H40N6O4. The second-order valence-corrected chi connectivity index (χ2v) is 10.9. The van der Waals surface area contributed by atoms with Crippen LogP contribution in [0.15, 0.2) is 54.6 Å². The van der Waals surface area contributed by atoms with Gasteiger partial charge in [0.15, 0.2) is 0 Å². The summed E-state index contributed by atoms with van der Waals surface area (Å²) in [6.07, 6.45) is 3.69. The van der Waals surface area contributed by atoms with E-state index in [2.05, 4.69) is 10.4 Å². The normalized spacial score (nSPS) is 20.2. The fraction of sp³-hybridized carbons (Fsp3) is 0.469. The highest BCUT2D eigenvalue weighted by atomic mass is 16.5. The SMILES string of the molecule is CCOc1cccc(C(=O)N2CCCC(=O)N3CCCC[C@H]3C(=O)N[C@H](Cc3ccccc3)c3nc(C)nn3CC2)c1. The van der Waals surface area contributed by atoms with Gasteiger partial charge in [0, 0.05) is 31.6 Å². The summed E-state index contributed by atoms with van der Waals surface area (Å²) < 4.78 is 7.44. The molecule has 2 aliphatic heterocycles. The van der Waals surface area contributed by atoms with Crippen LogP contribution in [0.5, 0.6) is 5.75 Å². The molecule has 3 aromatic rings. The lowest BCUT2D eigenvalue weighted by Gasteiger charge is -2.36. The van der Waals surface area contributed by atoms with E-state index in [1.54, 1.807) is 21.9 Å². The lowest BCUT2D eigenvalue weighted by molar-refractivity contribution is -0.142. The quantitative estimate of drug-likeness (QED) is 0.499. The Kier molecular flexibility index (Phi) is 9.51. The van der Waals surface area contributed by atoms with Gasteiger partial charge < -0.3 is 19.9 Å². The van der Waals surface area contributed by atoms with Gasteiger partial charge in [-0.2, -0.15) is 5.10 Å². The number of aromatic nitrogens is 3. The van der Waals surface area contributed by atoms with E-state index >= 15 is 0 Å². The van der Waals surface area contributed by atoms with Crippen molar-refractivity contribution in [1.82, 2.24) is 29.9 Å². The summed E-state index contributed by atoms with van der Waals surface area (Å²) in [7, 11) is 0. The molecule has 0 radical (unpaired) electrons. The van der Waals surface area contributed by atoms with E-state index in [0.29, 0.717) is 75.0 Å². The van der Waals surface area contributed by atoms with Crippen molar-refractivity contribution < 1.29 is 19.1 Å². The number of hydrogen-bond acceptors (Lipinski definition) is 6. The van der Waals surface area contributed by atoms with Gasteiger partial charge in [-0.1, -0.05) is 36.4 Å². The number of carbonyl (C=O) groups is 3. The average molecular weight is 573 g/mol. The summed E-state index contributed by atoms with van der Waals surface area (Å²) >= 11 is 0. The maximum atomic E-state index is 13.7. The van der Waals surface area contributed by atoms with Crippen molar-refractivity contribution in [1.29, 1.82) is 0 Å². The molecule has 0 spiro atoms. The lowest BCUT2D eigenvalue weighted by atomic mass is 9.99. The number of piperidine rings is 1. The summed E-state index contributed by atoms with van der Waals surface area (Å²) in [5.41, 5.74) is 1.59. The second-order valence-electron chi connectivity index (χ2n) is 10.9. The highest BCUT2D eigenvalue weighted by Gasteiger charge is 2.34. The number of benzene rings is 2. The zero-order valence-corrected chi connectivity index (χ0v) is 24.5. The third-order valence-electron chi connectivity index (χ3n) is 7.92. The number of nitrogens with zero attached hydrogens (tertiary/aromatic N) is 5. The Labute approximate surface area is 247 Å². The van der Waals surface area contributed by atoms with Crippen molar-refractivity contribution in [2.45, 2.75) is 71.0 Å². The monoisotopic (exact) mass is 572 g/mol. The first-order valence-corrected chi connectivity index (χ1v) is 15.0. The number of carbonyl (C=O) groups excluding carboxylic acids is 3. The third-order valence-corrected chi connectivity index (χ3v) is 7.92. The van der Waals surface area contributed by atoms with Crippen molar-refractivity contribution >= 4 is 17.7 Å². The molecule has 0 aliphatic carbocycles. The Hall–Kier alpha value is -4.21. The molecule has 42 heavy (non-hydrogen) atoms. The van der Waals surface area contributed by atoms with Gasteiger partial charge in [-0.15, -0.1) is 0 Å². The van der Waals surface area contributed by atoms with Gasteiger partial charge in [0.25, 0.3) is 5.91 Å². The minimum atomic E-state index is -0.524. The van der Waals surface area contributed by atoms with Crippen molar-refractivity contribution in [2.75, 3.05) is 26.2 Å². The summed E-state index contributed by atoms with van der Waals surface area (Å²) in [4.78, 5) is 49.1. The van der Waals surface area contributed by atoms with Gasteiger partial charge in [0.1, 0.15) is 23.4 Å². The van der Waals surface area contributed by atoms with Crippen LogP contribution in [0, 0.1) is 6.92 Å². The number of amides is 3. The van der Waals surface area contributed by atoms with E-state index < -0.39 is 12.1 Å². The van der Waals surface area contributed by atoms with Crippen LogP contribution in [0.3, 0.4) is 0 Å². The molecule has 10 nitrogen and oxygen atoms in total. The van der Waals surface area contributed by atoms with Gasteiger partial charge in [0.2, 0.25) is 11.8 Å². The molecule has 3 heterocycles. The summed E-state index contributed by atoms with van der Waals surface area (Å²) in [5, 5.41) is 7.90. The number of rotatable bonds is 5.